The molecule has 0 bridgehead atoms. The van der Waals surface area contributed by atoms with Gasteiger partial charge in [-0.05, 0) is 18.2 Å². The van der Waals surface area contributed by atoms with E-state index in [4.69, 9.17) is 4.74 Å². The SMILES string of the molecule is O=C(OCc1nc2ccccc2s1)c1cccc2c1C(=O)c1ccccc1C2=O. The molecule has 4 aromatic rings. The zero-order valence-corrected chi connectivity index (χ0v) is 15.9. The molecule has 0 spiro atoms. The molecule has 0 atom stereocenters. The first-order chi connectivity index (χ1) is 14.1. The molecule has 0 amide bonds. The van der Waals surface area contributed by atoms with E-state index in [-0.39, 0.29) is 34.9 Å². The van der Waals surface area contributed by atoms with E-state index in [9.17, 15) is 14.4 Å². The number of nitrogens with zero attached hydrogens (tertiary/aromatic N) is 1. The van der Waals surface area contributed by atoms with Gasteiger partial charge in [-0.3, -0.25) is 9.59 Å². The Morgan fingerprint density at radius 1 is 0.828 bits per heavy atom. The molecule has 1 aliphatic carbocycles. The van der Waals surface area contributed by atoms with Crippen molar-refractivity contribution in [2.75, 3.05) is 0 Å². The summed E-state index contributed by atoms with van der Waals surface area (Å²) in [6.45, 7) is 0.000567. The van der Waals surface area contributed by atoms with Crippen molar-refractivity contribution in [3.8, 4) is 0 Å². The lowest BCUT2D eigenvalue weighted by Gasteiger charge is -2.19. The summed E-state index contributed by atoms with van der Waals surface area (Å²) < 4.78 is 6.43. The van der Waals surface area contributed by atoms with Crippen molar-refractivity contribution >= 4 is 39.1 Å². The minimum absolute atomic E-state index is 0.000567. The van der Waals surface area contributed by atoms with Crippen LogP contribution in [0.25, 0.3) is 10.2 Å². The summed E-state index contributed by atoms with van der Waals surface area (Å²) in [4.78, 5) is 43.0. The van der Waals surface area contributed by atoms with E-state index in [2.05, 4.69) is 4.98 Å². The van der Waals surface area contributed by atoms with Gasteiger partial charge in [-0.25, -0.2) is 9.78 Å². The van der Waals surface area contributed by atoms with E-state index in [1.807, 2.05) is 24.3 Å². The summed E-state index contributed by atoms with van der Waals surface area (Å²) in [5.41, 5.74) is 1.92. The number of aromatic nitrogens is 1. The first-order valence-corrected chi connectivity index (χ1v) is 9.78. The molecule has 0 aliphatic heterocycles. The fourth-order valence-electron chi connectivity index (χ4n) is 3.50. The third kappa shape index (κ3) is 2.85. The molecule has 0 saturated heterocycles. The van der Waals surface area contributed by atoms with Crippen LogP contribution in [0.2, 0.25) is 0 Å². The minimum Gasteiger partial charge on any atom is -0.455 e. The molecule has 1 aliphatic rings. The Morgan fingerprint density at radius 2 is 1.52 bits per heavy atom. The quantitative estimate of drug-likeness (QED) is 0.420. The monoisotopic (exact) mass is 399 g/mol. The van der Waals surface area contributed by atoms with Gasteiger partial charge in [0.15, 0.2) is 11.6 Å². The van der Waals surface area contributed by atoms with Crippen LogP contribution in [-0.2, 0) is 11.3 Å². The van der Waals surface area contributed by atoms with Gasteiger partial charge < -0.3 is 4.74 Å². The Labute approximate surface area is 169 Å². The molecule has 5 rings (SSSR count). The van der Waals surface area contributed by atoms with Crippen molar-refractivity contribution in [1.82, 2.24) is 4.98 Å². The van der Waals surface area contributed by atoms with Crippen molar-refractivity contribution in [3.63, 3.8) is 0 Å². The maximum atomic E-state index is 13.0. The molecule has 6 heteroatoms. The minimum atomic E-state index is -0.651. The van der Waals surface area contributed by atoms with E-state index >= 15 is 0 Å². The van der Waals surface area contributed by atoms with Crippen LogP contribution in [0.15, 0.2) is 66.7 Å². The number of carbonyl (C=O) groups excluding carboxylic acids is 3. The lowest BCUT2D eigenvalue weighted by atomic mass is 9.82. The van der Waals surface area contributed by atoms with Gasteiger partial charge in [-0.15, -0.1) is 11.3 Å². The molecule has 0 radical (unpaired) electrons. The maximum Gasteiger partial charge on any atom is 0.339 e. The molecular weight excluding hydrogens is 386 g/mol. The van der Waals surface area contributed by atoms with Gasteiger partial charge in [0.05, 0.1) is 15.8 Å². The third-order valence-corrected chi connectivity index (χ3v) is 5.85. The van der Waals surface area contributed by atoms with Crippen LogP contribution in [0.4, 0.5) is 0 Å². The van der Waals surface area contributed by atoms with E-state index in [1.54, 1.807) is 36.4 Å². The fraction of sp³-hybridized carbons (Fsp3) is 0.0435. The summed E-state index contributed by atoms with van der Waals surface area (Å²) in [6, 6.07) is 19.0. The second kappa shape index (κ2) is 6.76. The molecule has 0 N–H and O–H groups in total. The van der Waals surface area contributed by atoms with Crippen LogP contribution in [-0.4, -0.2) is 22.5 Å². The molecule has 0 fully saturated rings. The number of rotatable bonds is 3. The summed E-state index contributed by atoms with van der Waals surface area (Å²) >= 11 is 1.45. The molecule has 29 heavy (non-hydrogen) atoms. The van der Waals surface area contributed by atoms with E-state index in [0.29, 0.717) is 16.1 Å². The molecule has 1 heterocycles. The van der Waals surface area contributed by atoms with Crippen molar-refractivity contribution in [2.45, 2.75) is 6.61 Å². The van der Waals surface area contributed by atoms with Crippen molar-refractivity contribution in [1.29, 1.82) is 0 Å². The number of esters is 1. The Morgan fingerprint density at radius 3 is 2.31 bits per heavy atom. The average Bonchev–Trinajstić information content (AvgIpc) is 3.18. The number of para-hydroxylation sites is 1. The highest BCUT2D eigenvalue weighted by Gasteiger charge is 2.33. The van der Waals surface area contributed by atoms with Crippen molar-refractivity contribution in [2.24, 2.45) is 0 Å². The van der Waals surface area contributed by atoms with Gasteiger partial charge in [0, 0.05) is 22.3 Å². The predicted octanol–water partition coefficient (Wildman–Crippen LogP) is 4.43. The van der Waals surface area contributed by atoms with Crippen LogP contribution < -0.4 is 0 Å². The van der Waals surface area contributed by atoms with Gasteiger partial charge in [-0.2, -0.15) is 0 Å². The highest BCUT2D eigenvalue weighted by molar-refractivity contribution is 7.18. The van der Waals surface area contributed by atoms with E-state index in [1.165, 1.54) is 17.4 Å². The number of ketones is 2. The van der Waals surface area contributed by atoms with E-state index in [0.717, 1.165) is 10.2 Å². The Balaban J connectivity index is 1.46. The van der Waals surface area contributed by atoms with Crippen LogP contribution >= 0.6 is 11.3 Å². The maximum absolute atomic E-state index is 13.0. The topological polar surface area (TPSA) is 73.3 Å². The smallest absolute Gasteiger partial charge is 0.339 e. The zero-order valence-electron chi connectivity index (χ0n) is 15.0. The molecule has 3 aromatic carbocycles. The molecule has 5 nitrogen and oxygen atoms in total. The number of ether oxygens (including phenoxy) is 1. The number of fused-ring (bicyclic) bond motifs is 3. The second-order valence-corrected chi connectivity index (χ2v) is 7.70. The standard InChI is InChI=1S/C23H13NO4S/c25-21-13-6-1-2-7-14(13)22(26)20-15(21)8-5-9-16(20)23(27)28-12-19-24-17-10-3-4-11-18(17)29-19/h1-11H,12H2. The fourth-order valence-corrected chi connectivity index (χ4v) is 4.38. The number of benzene rings is 3. The van der Waals surface area contributed by atoms with Gasteiger partial charge in [0.2, 0.25) is 0 Å². The Bertz CT molecular complexity index is 1290. The normalized spacial score (nSPS) is 12.6. The van der Waals surface area contributed by atoms with Crippen LogP contribution in [0.1, 0.15) is 47.2 Å². The van der Waals surface area contributed by atoms with Gasteiger partial charge >= 0.3 is 5.97 Å². The second-order valence-electron chi connectivity index (χ2n) is 6.58. The molecular formula is C23H13NO4S. The van der Waals surface area contributed by atoms with Crippen molar-refractivity contribution in [3.05, 3.63) is 99.6 Å². The third-order valence-electron chi connectivity index (χ3n) is 4.84. The van der Waals surface area contributed by atoms with Crippen LogP contribution in [0.5, 0.6) is 0 Å². The summed E-state index contributed by atoms with van der Waals surface area (Å²) in [5, 5.41) is 0.664. The van der Waals surface area contributed by atoms with Gasteiger partial charge in [0.25, 0.3) is 0 Å². The lowest BCUT2D eigenvalue weighted by molar-refractivity contribution is 0.0470. The average molecular weight is 399 g/mol. The number of thiazole rings is 1. The highest BCUT2D eigenvalue weighted by Crippen LogP contribution is 2.30. The van der Waals surface area contributed by atoms with Gasteiger partial charge in [-0.1, -0.05) is 48.5 Å². The summed E-state index contributed by atoms with van der Waals surface area (Å²) in [6.07, 6.45) is 0. The number of carbonyl (C=O) groups is 3. The Kier molecular flexibility index (Phi) is 4.07. The van der Waals surface area contributed by atoms with Crippen molar-refractivity contribution < 1.29 is 19.1 Å². The zero-order chi connectivity index (χ0) is 20.0. The summed E-state index contributed by atoms with van der Waals surface area (Å²) in [5.74, 6) is -1.26. The molecule has 1 aromatic heterocycles. The van der Waals surface area contributed by atoms with E-state index < -0.39 is 5.97 Å². The summed E-state index contributed by atoms with van der Waals surface area (Å²) in [7, 11) is 0. The number of hydrogen-bond acceptors (Lipinski definition) is 6. The largest absolute Gasteiger partial charge is 0.455 e. The van der Waals surface area contributed by atoms with Crippen LogP contribution in [0.3, 0.4) is 0 Å². The highest BCUT2D eigenvalue weighted by atomic mass is 32.1. The first kappa shape index (κ1) is 17.5. The molecule has 0 unspecified atom stereocenters. The van der Waals surface area contributed by atoms with Gasteiger partial charge in [0.1, 0.15) is 11.6 Å². The first-order valence-electron chi connectivity index (χ1n) is 8.96. The Hall–Kier alpha value is -3.64. The molecule has 0 saturated carbocycles. The lowest BCUT2D eigenvalue weighted by Crippen LogP contribution is -2.24. The molecule has 140 valence electrons. The predicted molar refractivity (Wildman–Crippen MR) is 108 cm³/mol. The number of hydrogen-bond donors (Lipinski definition) is 0. The van der Waals surface area contributed by atoms with Crippen LogP contribution in [0, 0.1) is 0 Å².